The second kappa shape index (κ2) is 8.93. The van der Waals surface area contributed by atoms with Gasteiger partial charge < -0.3 is 11.1 Å². The molecule has 3 nitrogen and oxygen atoms in total. The number of nitrogens with one attached hydrogen (secondary N) is 1. The van der Waals surface area contributed by atoms with Gasteiger partial charge in [0.15, 0.2) is 0 Å². The minimum absolute atomic E-state index is 0.0667. The van der Waals surface area contributed by atoms with Gasteiger partial charge in [0.25, 0.3) is 5.91 Å². The molecule has 104 valence electrons. The van der Waals surface area contributed by atoms with Crippen molar-refractivity contribution in [1.29, 1.82) is 0 Å². The third-order valence-corrected chi connectivity index (χ3v) is 3.65. The lowest BCUT2D eigenvalue weighted by atomic mass is 10.1. The first-order chi connectivity index (χ1) is 9.15. The lowest BCUT2D eigenvalue weighted by molar-refractivity contribution is 0.0953. The van der Waals surface area contributed by atoms with Gasteiger partial charge in [-0.15, -0.1) is 0 Å². The molecule has 0 radical (unpaired) electrons. The van der Waals surface area contributed by atoms with Crippen LogP contribution in [0.15, 0.2) is 24.3 Å². The van der Waals surface area contributed by atoms with Gasteiger partial charge in [0.2, 0.25) is 0 Å². The van der Waals surface area contributed by atoms with Crippen LogP contribution in [0.2, 0.25) is 0 Å². The number of hydrogen-bond donors (Lipinski definition) is 2. The quantitative estimate of drug-likeness (QED) is 0.572. The number of unbranched alkanes of at least 4 members (excludes halogenated alkanes) is 2. The van der Waals surface area contributed by atoms with Crippen LogP contribution in [0.4, 0.5) is 0 Å². The fourth-order valence-electron chi connectivity index (χ4n) is 1.67. The lowest BCUT2D eigenvalue weighted by Crippen LogP contribution is -2.24. The van der Waals surface area contributed by atoms with Gasteiger partial charge in [-0.1, -0.05) is 30.8 Å². The fourth-order valence-corrected chi connectivity index (χ4v) is 2.29. The van der Waals surface area contributed by atoms with E-state index in [4.69, 9.17) is 18.0 Å². The van der Waals surface area contributed by atoms with E-state index in [1.807, 2.05) is 17.8 Å². The summed E-state index contributed by atoms with van der Waals surface area (Å²) in [6.07, 6.45) is 5.47. The van der Waals surface area contributed by atoms with E-state index >= 15 is 0 Å². The Morgan fingerprint density at radius 2 is 2.05 bits per heavy atom. The number of carbonyl (C=O) groups is 1. The van der Waals surface area contributed by atoms with E-state index in [1.54, 1.807) is 18.2 Å². The third-order valence-electron chi connectivity index (χ3n) is 2.72. The van der Waals surface area contributed by atoms with Crippen molar-refractivity contribution in [3.63, 3.8) is 0 Å². The molecule has 1 rings (SSSR count). The number of nitrogens with two attached hydrogens (primary N) is 1. The molecule has 0 aliphatic heterocycles. The number of rotatable bonds is 8. The smallest absolute Gasteiger partial charge is 0.251 e. The largest absolute Gasteiger partial charge is 0.389 e. The zero-order chi connectivity index (χ0) is 14.1. The Kier molecular flexibility index (Phi) is 7.52. The van der Waals surface area contributed by atoms with Gasteiger partial charge in [0.1, 0.15) is 4.99 Å². The average molecular weight is 296 g/mol. The van der Waals surface area contributed by atoms with Gasteiger partial charge in [-0.2, -0.15) is 11.8 Å². The highest BCUT2D eigenvalue weighted by Crippen LogP contribution is 2.06. The predicted octanol–water partition coefficient (Wildman–Crippen LogP) is 2.58. The molecule has 0 atom stereocenters. The predicted molar refractivity (Wildman–Crippen MR) is 86.9 cm³/mol. The van der Waals surface area contributed by atoms with Crippen LogP contribution in [0.3, 0.4) is 0 Å². The summed E-state index contributed by atoms with van der Waals surface area (Å²) in [6, 6.07) is 7.10. The Morgan fingerprint density at radius 1 is 1.32 bits per heavy atom. The van der Waals surface area contributed by atoms with Crippen molar-refractivity contribution >= 4 is 34.9 Å². The van der Waals surface area contributed by atoms with Crippen LogP contribution >= 0.6 is 24.0 Å². The lowest BCUT2D eigenvalue weighted by Gasteiger charge is -2.06. The van der Waals surface area contributed by atoms with Gasteiger partial charge >= 0.3 is 0 Å². The van der Waals surface area contributed by atoms with Gasteiger partial charge in [-0.3, -0.25) is 4.79 Å². The first-order valence-corrected chi connectivity index (χ1v) is 8.12. The molecule has 3 N–H and O–H groups in total. The SMILES string of the molecule is CSCCCCCNC(=O)c1cccc(C(N)=S)c1. The highest BCUT2D eigenvalue weighted by molar-refractivity contribution is 7.98. The minimum Gasteiger partial charge on any atom is -0.389 e. The van der Waals surface area contributed by atoms with E-state index in [2.05, 4.69) is 11.6 Å². The van der Waals surface area contributed by atoms with Crippen LogP contribution in [0.5, 0.6) is 0 Å². The monoisotopic (exact) mass is 296 g/mol. The van der Waals surface area contributed by atoms with Gasteiger partial charge in [-0.25, -0.2) is 0 Å². The summed E-state index contributed by atoms with van der Waals surface area (Å²) in [5.74, 6) is 1.12. The van der Waals surface area contributed by atoms with Crippen molar-refractivity contribution < 1.29 is 4.79 Å². The molecule has 0 aromatic heterocycles. The molecule has 0 saturated carbocycles. The Morgan fingerprint density at radius 3 is 2.74 bits per heavy atom. The molecule has 1 aromatic rings. The molecule has 0 fully saturated rings. The van der Waals surface area contributed by atoms with E-state index in [1.165, 1.54) is 12.2 Å². The maximum Gasteiger partial charge on any atom is 0.251 e. The molecule has 0 bridgehead atoms. The summed E-state index contributed by atoms with van der Waals surface area (Å²) in [5.41, 5.74) is 6.88. The molecule has 0 heterocycles. The molecule has 5 heteroatoms. The maximum atomic E-state index is 11.9. The van der Waals surface area contributed by atoms with Crippen LogP contribution in [-0.4, -0.2) is 29.4 Å². The maximum absolute atomic E-state index is 11.9. The Labute approximate surface area is 124 Å². The zero-order valence-electron chi connectivity index (χ0n) is 11.1. The molecule has 0 saturated heterocycles. The second-order valence-corrected chi connectivity index (χ2v) is 5.68. The van der Waals surface area contributed by atoms with Crippen molar-refractivity contribution in [2.75, 3.05) is 18.6 Å². The molecule has 1 aromatic carbocycles. The summed E-state index contributed by atoms with van der Waals surface area (Å²) < 4.78 is 0. The summed E-state index contributed by atoms with van der Waals surface area (Å²) in [5, 5.41) is 2.91. The first kappa shape index (κ1) is 16.0. The summed E-state index contributed by atoms with van der Waals surface area (Å²) in [4.78, 5) is 12.2. The van der Waals surface area contributed by atoms with Gasteiger partial charge in [-0.05, 0) is 37.0 Å². The average Bonchev–Trinajstić information content (AvgIpc) is 2.42. The number of benzene rings is 1. The number of carbonyl (C=O) groups excluding carboxylic acids is 1. The van der Waals surface area contributed by atoms with Crippen molar-refractivity contribution in [2.45, 2.75) is 19.3 Å². The van der Waals surface area contributed by atoms with Gasteiger partial charge in [0, 0.05) is 17.7 Å². The van der Waals surface area contributed by atoms with E-state index in [-0.39, 0.29) is 5.91 Å². The second-order valence-electron chi connectivity index (χ2n) is 4.25. The minimum atomic E-state index is -0.0667. The number of thiocarbonyl (C=S) groups is 1. The Balaban J connectivity index is 2.37. The van der Waals surface area contributed by atoms with Crippen LogP contribution in [0, 0.1) is 0 Å². The standard InChI is InChI=1S/C14H20N2OS2/c1-19-9-4-2-3-8-16-14(17)12-7-5-6-11(10-12)13(15)18/h5-7,10H,2-4,8-9H2,1H3,(H2,15,18)(H,16,17). The number of thioether (sulfide) groups is 1. The van der Waals surface area contributed by atoms with Crippen LogP contribution < -0.4 is 11.1 Å². The van der Waals surface area contributed by atoms with E-state index in [0.717, 1.165) is 18.4 Å². The van der Waals surface area contributed by atoms with E-state index in [9.17, 15) is 4.79 Å². The summed E-state index contributed by atoms with van der Waals surface area (Å²) >= 11 is 6.75. The molecule has 19 heavy (non-hydrogen) atoms. The number of amides is 1. The molecular formula is C14H20N2OS2. The van der Waals surface area contributed by atoms with Crippen molar-refractivity contribution in [3.8, 4) is 0 Å². The zero-order valence-corrected chi connectivity index (χ0v) is 12.8. The molecule has 0 aliphatic carbocycles. The van der Waals surface area contributed by atoms with Crippen molar-refractivity contribution in [3.05, 3.63) is 35.4 Å². The topological polar surface area (TPSA) is 55.1 Å². The third kappa shape index (κ3) is 6.07. The number of hydrogen-bond acceptors (Lipinski definition) is 3. The molecule has 0 unspecified atom stereocenters. The van der Waals surface area contributed by atoms with Crippen molar-refractivity contribution in [1.82, 2.24) is 5.32 Å². The highest BCUT2D eigenvalue weighted by Gasteiger charge is 2.06. The van der Waals surface area contributed by atoms with Crippen LogP contribution in [0.25, 0.3) is 0 Å². The van der Waals surface area contributed by atoms with Gasteiger partial charge in [0.05, 0.1) is 0 Å². The van der Waals surface area contributed by atoms with E-state index < -0.39 is 0 Å². The normalized spacial score (nSPS) is 10.2. The van der Waals surface area contributed by atoms with Crippen molar-refractivity contribution in [2.24, 2.45) is 5.73 Å². The molecule has 0 aliphatic rings. The van der Waals surface area contributed by atoms with Crippen LogP contribution in [0.1, 0.15) is 35.2 Å². The summed E-state index contributed by atoms with van der Waals surface area (Å²) in [6.45, 7) is 0.713. The van der Waals surface area contributed by atoms with E-state index in [0.29, 0.717) is 17.1 Å². The highest BCUT2D eigenvalue weighted by atomic mass is 32.2. The molecule has 1 amide bonds. The molecule has 0 spiro atoms. The molecular weight excluding hydrogens is 276 g/mol. The Bertz CT molecular complexity index is 435. The summed E-state index contributed by atoms with van der Waals surface area (Å²) in [7, 11) is 0. The first-order valence-electron chi connectivity index (χ1n) is 6.32. The Hall–Kier alpha value is -1.07. The van der Waals surface area contributed by atoms with Crippen LogP contribution in [-0.2, 0) is 0 Å². The fraction of sp³-hybridized carbons (Fsp3) is 0.429.